The van der Waals surface area contributed by atoms with Crippen molar-refractivity contribution in [2.75, 3.05) is 11.4 Å². The number of pyridine rings is 1. The molecule has 216 valence electrons. The second-order valence-electron chi connectivity index (χ2n) is 13.2. The summed E-state index contributed by atoms with van der Waals surface area (Å²) >= 11 is 0. The molecule has 2 atom stereocenters. The summed E-state index contributed by atoms with van der Waals surface area (Å²) in [7, 11) is -0.535. The van der Waals surface area contributed by atoms with Crippen molar-refractivity contribution in [1.82, 2.24) is 9.88 Å². The van der Waals surface area contributed by atoms with Gasteiger partial charge in [-0.3, -0.25) is 9.69 Å². The van der Waals surface area contributed by atoms with Crippen molar-refractivity contribution in [2.45, 2.75) is 84.6 Å². The smallest absolute Gasteiger partial charge is 0.465 e. The summed E-state index contributed by atoms with van der Waals surface area (Å²) < 4.78 is 12.4. The Hall–Kier alpha value is -3.43. The highest BCUT2D eigenvalue weighted by molar-refractivity contribution is 6.62. The van der Waals surface area contributed by atoms with Gasteiger partial charge in [0.2, 0.25) is 0 Å². The third kappa shape index (κ3) is 5.33. The quantitative estimate of drug-likeness (QED) is 0.412. The molecule has 2 fully saturated rings. The van der Waals surface area contributed by atoms with Crippen molar-refractivity contribution in [3.05, 3.63) is 66.4 Å². The van der Waals surface area contributed by atoms with Crippen LogP contribution in [-0.4, -0.2) is 63.9 Å². The number of carbonyl (C=O) groups excluding carboxylic acids is 1. The molecule has 41 heavy (non-hydrogen) atoms. The van der Waals surface area contributed by atoms with Gasteiger partial charge >= 0.3 is 13.2 Å². The number of carboxylic acid groups (broad SMARTS) is 1. The van der Waals surface area contributed by atoms with Crippen LogP contribution >= 0.6 is 0 Å². The van der Waals surface area contributed by atoms with Crippen molar-refractivity contribution in [1.29, 1.82) is 0 Å². The topological polar surface area (TPSA) is 92.2 Å². The fourth-order valence-corrected chi connectivity index (χ4v) is 6.11. The fourth-order valence-electron chi connectivity index (χ4n) is 6.11. The maximum Gasteiger partial charge on any atom is 0.494 e. The average Bonchev–Trinajstić information content (AvgIpc) is 3.14. The van der Waals surface area contributed by atoms with Crippen LogP contribution in [-0.2, 0) is 9.31 Å². The van der Waals surface area contributed by atoms with Gasteiger partial charge in [-0.05, 0) is 75.0 Å². The molecule has 9 heteroatoms. The van der Waals surface area contributed by atoms with Crippen LogP contribution < -0.4 is 10.4 Å². The highest BCUT2D eigenvalue weighted by Crippen LogP contribution is 2.39. The third-order valence-electron chi connectivity index (χ3n) is 8.85. The zero-order valence-corrected chi connectivity index (χ0v) is 25.0. The molecule has 1 N–H and O–H groups in total. The van der Waals surface area contributed by atoms with Crippen molar-refractivity contribution in [2.24, 2.45) is 5.41 Å². The fraction of sp³-hybridized carbons (Fsp3) is 0.469. The highest BCUT2D eigenvalue weighted by atomic mass is 16.7. The molecule has 3 heterocycles. The molecule has 2 aromatic carbocycles. The Morgan fingerprint density at radius 3 is 2.24 bits per heavy atom. The van der Waals surface area contributed by atoms with E-state index in [2.05, 4.69) is 0 Å². The van der Waals surface area contributed by atoms with Crippen molar-refractivity contribution >= 4 is 41.2 Å². The maximum atomic E-state index is 14.5. The van der Waals surface area contributed by atoms with E-state index >= 15 is 0 Å². The summed E-state index contributed by atoms with van der Waals surface area (Å²) in [6, 6.07) is 16.3. The van der Waals surface area contributed by atoms with E-state index in [9.17, 15) is 14.7 Å². The molecule has 2 aliphatic rings. The molecule has 3 aromatic rings. The number of piperidine rings is 1. The first-order chi connectivity index (χ1) is 19.2. The Kier molecular flexibility index (Phi) is 7.41. The van der Waals surface area contributed by atoms with Gasteiger partial charge in [-0.1, -0.05) is 57.2 Å². The van der Waals surface area contributed by atoms with Crippen molar-refractivity contribution in [3.63, 3.8) is 0 Å². The summed E-state index contributed by atoms with van der Waals surface area (Å²) in [4.78, 5) is 34.9. The minimum absolute atomic E-state index is 0.221. The lowest BCUT2D eigenvalue weighted by Gasteiger charge is -2.50. The largest absolute Gasteiger partial charge is 0.494 e. The standard InChI is InChI=1S/C32H40BN3O5/c1-30(2,3)26-25(13-10-20-35(26)29(38)39)36(27-24-12-9-8-11-21(24)18-19-34-27)28(37)22-14-16-23(17-15-22)33-40-31(4,5)32(6,7)41-33/h8-9,11-12,14-19,25-26H,10,13,20H2,1-7H3,(H,38,39)/t25-,26?/m1/s1. The number of hydrogen-bond donors (Lipinski definition) is 1. The molecule has 1 unspecified atom stereocenters. The number of hydrogen-bond acceptors (Lipinski definition) is 5. The van der Waals surface area contributed by atoms with Crippen molar-refractivity contribution in [3.8, 4) is 0 Å². The van der Waals surface area contributed by atoms with Gasteiger partial charge < -0.3 is 19.3 Å². The number of likely N-dealkylation sites (tertiary alicyclic amines) is 1. The Morgan fingerprint density at radius 2 is 1.63 bits per heavy atom. The van der Waals surface area contributed by atoms with Crippen LogP contribution in [0.3, 0.4) is 0 Å². The highest BCUT2D eigenvalue weighted by Gasteiger charge is 2.52. The minimum Gasteiger partial charge on any atom is -0.465 e. The van der Waals surface area contributed by atoms with E-state index in [0.717, 1.165) is 16.2 Å². The molecule has 0 aliphatic carbocycles. The number of benzene rings is 2. The molecule has 2 amide bonds. The molecule has 1 aromatic heterocycles. The Balaban J connectivity index is 1.58. The van der Waals surface area contributed by atoms with Crippen LogP contribution in [0.5, 0.6) is 0 Å². The molecule has 0 radical (unpaired) electrons. The van der Waals surface area contributed by atoms with Gasteiger partial charge in [0.1, 0.15) is 5.82 Å². The van der Waals surface area contributed by atoms with Crippen LogP contribution in [0.25, 0.3) is 10.8 Å². The van der Waals surface area contributed by atoms with Crippen molar-refractivity contribution < 1.29 is 24.0 Å². The molecule has 2 saturated heterocycles. The maximum absolute atomic E-state index is 14.5. The Morgan fingerprint density at radius 1 is 1.00 bits per heavy atom. The summed E-state index contributed by atoms with van der Waals surface area (Å²) in [5, 5.41) is 12.0. The van der Waals surface area contributed by atoms with E-state index < -0.39 is 41.9 Å². The lowest BCUT2D eigenvalue weighted by molar-refractivity contribution is 0.00578. The van der Waals surface area contributed by atoms with Gasteiger partial charge in [-0.25, -0.2) is 9.78 Å². The van der Waals surface area contributed by atoms with Gasteiger partial charge in [0.05, 0.1) is 23.3 Å². The first-order valence-corrected chi connectivity index (χ1v) is 14.3. The summed E-state index contributed by atoms with van der Waals surface area (Å²) in [6.07, 6.45) is 2.05. The van der Waals surface area contributed by atoms with Crippen LogP contribution in [0.1, 0.15) is 71.7 Å². The first kappa shape index (κ1) is 29.1. The molecule has 8 nitrogen and oxygen atoms in total. The van der Waals surface area contributed by atoms with E-state index in [-0.39, 0.29) is 5.91 Å². The number of rotatable bonds is 4. The van der Waals surface area contributed by atoms with E-state index in [0.29, 0.717) is 30.8 Å². The molecular weight excluding hydrogens is 517 g/mol. The second kappa shape index (κ2) is 10.4. The number of nitrogens with zero attached hydrogens (tertiary/aromatic N) is 3. The average molecular weight is 558 g/mol. The second-order valence-corrected chi connectivity index (χ2v) is 13.2. The summed E-state index contributed by atoms with van der Waals surface area (Å²) in [6.45, 7) is 14.6. The lowest BCUT2D eigenvalue weighted by atomic mass is 9.76. The molecule has 5 rings (SSSR count). The van der Waals surface area contributed by atoms with Crippen LogP contribution in [0.15, 0.2) is 60.8 Å². The number of amides is 2. The molecule has 0 saturated carbocycles. The lowest BCUT2D eigenvalue weighted by Crippen LogP contribution is -2.63. The summed E-state index contributed by atoms with van der Waals surface area (Å²) in [5.41, 5.74) is -0.0469. The van der Waals surface area contributed by atoms with Crippen LogP contribution in [0, 0.1) is 5.41 Å². The normalized spacial score (nSPS) is 22.1. The van der Waals surface area contributed by atoms with Gasteiger partial charge in [-0.2, -0.15) is 0 Å². The summed E-state index contributed by atoms with van der Waals surface area (Å²) in [5.74, 6) is 0.315. The van der Waals surface area contributed by atoms with Crippen LogP contribution in [0.2, 0.25) is 0 Å². The van der Waals surface area contributed by atoms with Crippen LogP contribution in [0.4, 0.5) is 10.6 Å². The van der Waals surface area contributed by atoms with Gasteiger partial charge in [0, 0.05) is 23.7 Å². The number of fused-ring (bicyclic) bond motifs is 1. The Bertz CT molecular complexity index is 1430. The van der Waals surface area contributed by atoms with Gasteiger partial charge in [0.15, 0.2) is 0 Å². The zero-order chi connectivity index (χ0) is 29.7. The molecule has 0 bridgehead atoms. The van der Waals surface area contributed by atoms with Gasteiger partial charge in [0.25, 0.3) is 5.91 Å². The predicted octanol–water partition coefficient (Wildman–Crippen LogP) is 5.74. The number of anilines is 1. The third-order valence-corrected chi connectivity index (χ3v) is 8.85. The minimum atomic E-state index is -0.973. The predicted molar refractivity (Wildman–Crippen MR) is 162 cm³/mol. The monoisotopic (exact) mass is 557 g/mol. The molecular formula is C32H40BN3O5. The SMILES string of the molecule is CC(C)(C)C1[C@H](N(C(=O)c2ccc(B3OC(C)(C)C(C)(C)O3)cc2)c2nccc3ccccc23)CCCN1C(=O)O. The van der Waals surface area contributed by atoms with E-state index in [1.165, 1.54) is 4.90 Å². The number of aromatic nitrogens is 1. The van der Waals surface area contributed by atoms with E-state index in [1.807, 2.05) is 90.9 Å². The zero-order valence-electron chi connectivity index (χ0n) is 25.0. The molecule has 0 spiro atoms. The van der Waals surface area contributed by atoms with E-state index in [4.69, 9.17) is 14.3 Å². The first-order valence-electron chi connectivity index (χ1n) is 14.3. The number of carbonyl (C=O) groups is 2. The Labute approximate surface area is 242 Å². The van der Waals surface area contributed by atoms with Gasteiger partial charge in [-0.15, -0.1) is 0 Å². The molecule has 2 aliphatic heterocycles. The van der Waals surface area contributed by atoms with E-state index in [1.54, 1.807) is 23.2 Å².